The summed E-state index contributed by atoms with van der Waals surface area (Å²) >= 11 is 0. The molecule has 0 radical (unpaired) electrons. The van der Waals surface area contributed by atoms with Gasteiger partial charge in [0.1, 0.15) is 17.3 Å². The predicted octanol–water partition coefficient (Wildman–Crippen LogP) is 2.87. The van der Waals surface area contributed by atoms with Crippen LogP contribution in [0.25, 0.3) is 0 Å². The predicted molar refractivity (Wildman–Crippen MR) is 72.1 cm³/mol. The van der Waals surface area contributed by atoms with Crippen LogP contribution in [0.4, 0.5) is 0 Å². The zero-order valence-electron chi connectivity index (χ0n) is 11.3. The molecule has 1 aromatic heterocycles. The van der Waals surface area contributed by atoms with E-state index in [-0.39, 0.29) is 11.7 Å². The molecule has 2 rings (SSSR count). The summed E-state index contributed by atoms with van der Waals surface area (Å²) in [4.78, 5) is 13.8. The highest BCUT2D eigenvalue weighted by Crippen LogP contribution is 2.17. The van der Waals surface area contributed by atoms with Crippen molar-refractivity contribution in [1.29, 1.82) is 0 Å². The second kappa shape index (κ2) is 5.18. The van der Waals surface area contributed by atoms with Crippen LogP contribution in [0.5, 0.6) is 5.75 Å². The third kappa shape index (κ3) is 3.16. The number of benzene rings is 1. The highest BCUT2D eigenvalue weighted by atomic mass is 16.3. The molecule has 0 spiro atoms. The van der Waals surface area contributed by atoms with Gasteiger partial charge in [0, 0.05) is 12.6 Å². The van der Waals surface area contributed by atoms with Crippen LogP contribution in [-0.4, -0.2) is 23.0 Å². The largest absolute Gasteiger partial charge is 0.508 e. The summed E-state index contributed by atoms with van der Waals surface area (Å²) < 4.78 is 5.44. The van der Waals surface area contributed by atoms with Gasteiger partial charge in [0.25, 0.3) is 5.91 Å². The number of rotatable bonds is 3. The average molecular weight is 259 g/mol. The minimum atomic E-state index is -0.145. The van der Waals surface area contributed by atoms with E-state index in [9.17, 15) is 9.90 Å². The zero-order chi connectivity index (χ0) is 14.0. The number of hydrogen-bond donors (Lipinski definition) is 1. The van der Waals surface area contributed by atoms with Crippen molar-refractivity contribution in [2.24, 2.45) is 0 Å². The van der Waals surface area contributed by atoms with Gasteiger partial charge in [0.15, 0.2) is 0 Å². The summed E-state index contributed by atoms with van der Waals surface area (Å²) in [5, 5.41) is 9.53. The van der Waals surface area contributed by atoms with E-state index in [1.165, 1.54) is 6.07 Å². The van der Waals surface area contributed by atoms with Crippen LogP contribution in [0.3, 0.4) is 0 Å². The number of carbonyl (C=O) groups excluding carboxylic acids is 1. The lowest BCUT2D eigenvalue weighted by molar-refractivity contribution is 0.0774. The molecule has 0 fully saturated rings. The number of nitrogens with zero attached hydrogens (tertiary/aromatic N) is 1. The summed E-state index contributed by atoms with van der Waals surface area (Å²) in [6, 6.07) is 8.57. The van der Waals surface area contributed by atoms with Crippen LogP contribution in [0.1, 0.15) is 27.4 Å². The molecule has 0 aliphatic heterocycles. The molecule has 0 aliphatic rings. The molecule has 0 saturated heterocycles. The number of aryl methyl sites for hydroxylation is 2. The van der Waals surface area contributed by atoms with E-state index in [2.05, 4.69) is 0 Å². The summed E-state index contributed by atoms with van der Waals surface area (Å²) in [6.07, 6.45) is 0. The van der Waals surface area contributed by atoms with Crippen LogP contribution in [0.15, 0.2) is 34.7 Å². The highest BCUT2D eigenvalue weighted by molar-refractivity contribution is 5.94. The minimum absolute atomic E-state index is 0.102. The molecule has 0 saturated carbocycles. The van der Waals surface area contributed by atoms with Gasteiger partial charge in [-0.1, -0.05) is 0 Å². The van der Waals surface area contributed by atoms with Crippen molar-refractivity contribution in [3.8, 4) is 5.75 Å². The van der Waals surface area contributed by atoms with E-state index in [1.807, 2.05) is 26.0 Å². The van der Waals surface area contributed by atoms with E-state index in [0.29, 0.717) is 12.1 Å². The van der Waals surface area contributed by atoms with Gasteiger partial charge in [0.05, 0.1) is 6.54 Å². The SMILES string of the molecule is Cc1cc(O)cc(C(=O)N(C)Cc2ccc(C)o2)c1. The second-order valence-corrected chi connectivity index (χ2v) is 4.73. The fourth-order valence-corrected chi connectivity index (χ4v) is 1.98. The van der Waals surface area contributed by atoms with Crippen molar-refractivity contribution in [1.82, 2.24) is 4.90 Å². The first-order valence-electron chi connectivity index (χ1n) is 6.07. The summed E-state index contributed by atoms with van der Waals surface area (Å²) in [5.74, 6) is 1.52. The smallest absolute Gasteiger partial charge is 0.254 e. The van der Waals surface area contributed by atoms with Gasteiger partial charge in [-0.3, -0.25) is 4.79 Å². The summed E-state index contributed by atoms with van der Waals surface area (Å²) in [6.45, 7) is 4.11. The standard InChI is InChI=1S/C15H17NO3/c1-10-6-12(8-13(17)7-10)15(18)16(3)9-14-5-4-11(2)19-14/h4-8,17H,9H2,1-3H3. The van der Waals surface area contributed by atoms with E-state index >= 15 is 0 Å². The lowest BCUT2D eigenvalue weighted by Crippen LogP contribution is -2.26. The van der Waals surface area contributed by atoms with Crippen LogP contribution in [0.2, 0.25) is 0 Å². The number of furan rings is 1. The van der Waals surface area contributed by atoms with Gasteiger partial charge in [-0.2, -0.15) is 0 Å². The number of phenolic OH excluding ortho intramolecular Hbond substituents is 1. The summed E-state index contributed by atoms with van der Waals surface area (Å²) in [7, 11) is 1.71. The van der Waals surface area contributed by atoms with Crippen molar-refractivity contribution >= 4 is 5.91 Å². The van der Waals surface area contributed by atoms with Gasteiger partial charge in [-0.05, 0) is 49.7 Å². The van der Waals surface area contributed by atoms with Crippen molar-refractivity contribution in [3.05, 3.63) is 53.0 Å². The fraction of sp³-hybridized carbons (Fsp3) is 0.267. The van der Waals surface area contributed by atoms with Gasteiger partial charge < -0.3 is 14.4 Å². The number of carbonyl (C=O) groups is 1. The van der Waals surface area contributed by atoms with Crippen molar-refractivity contribution < 1.29 is 14.3 Å². The molecule has 19 heavy (non-hydrogen) atoms. The lowest BCUT2D eigenvalue weighted by atomic mass is 10.1. The molecule has 1 N–H and O–H groups in total. The maximum absolute atomic E-state index is 12.2. The quantitative estimate of drug-likeness (QED) is 0.922. The van der Waals surface area contributed by atoms with E-state index in [1.54, 1.807) is 24.1 Å². The second-order valence-electron chi connectivity index (χ2n) is 4.73. The van der Waals surface area contributed by atoms with Crippen LogP contribution >= 0.6 is 0 Å². The number of phenols is 1. The molecule has 0 bridgehead atoms. The average Bonchev–Trinajstić information content (AvgIpc) is 2.72. The molecule has 4 heteroatoms. The molecule has 0 unspecified atom stereocenters. The Labute approximate surface area is 112 Å². The maximum Gasteiger partial charge on any atom is 0.254 e. The molecule has 1 heterocycles. The molecular formula is C15H17NO3. The van der Waals surface area contributed by atoms with Crippen LogP contribution in [0, 0.1) is 13.8 Å². The Morgan fingerprint density at radius 1 is 1.26 bits per heavy atom. The molecule has 0 aliphatic carbocycles. The number of hydrogen-bond acceptors (Lipinski definition) is 3. The highest BCUT2D eigenvalue weighted by Gasteiger charge is 2.14. The third-order valence-electron chi connectivity index (χ3n) is 2.84. The molecule has 2 aromatic rings. The third-order valence-corrected chi connectivity index (χ3v) is 2.84. The van der Waals surface area contributed by atoms with Crippen molar-refractivity contribution in [2.45, 2.75) is 20.4 Å². The Hall–Kier alpha value is -2.23. The molecular weight excluding hydrogens is 242 g/mol. The van der Waals surface area contributed by atoms with Crippen molar-refractivity contribution in [2.75, 3.05) is 7.05 Å². The van der Waals surface area contributed by atoms with Crippen LogP contribution < -0.4 is 0 Å². The van der Waals surface area contributed by atoms with E-state index in [4.69, 9.17) is 4.42 Å². The Balaban J connectivity index is 2.14. The first kappa shape index (κ1) is 13.2. The van der Waals surface area contributed by atoms with Crippen LogP contribution in [-0.2, 0) is 6.54 Å². The van der Waals surface area contributed by atoms with Gasteiger partial charge in [-0.15, -0.1) is 0 Å². The molecule has 1 aromatic carbocycles. The monoisotopic (exact) mass is 259 g/mol. The topological polar surface area (TPSA) is 53.7 Å². The Morgan fingerprint density at radius 2 is 2.00 bits per heavy atom. The summed E-state index contributed by atoms with van der Waals surface area (Å²) in [5.41, 5.74) is 1.33. The minimum Gasteiger partial charge on any atom is -0.508 e. The molecule has 100 valence electrons. The fourth-order valence-electron chi connectivity index (χ4n) is 1.98. The maximum atomic E-state index is 12.2. The van der Waals surface area contributed by atoms with Gasteiger partial charge in [-0.25, -0.2) is 0 Å². The lowest BCUT2D eigenvalue weighted by Gasteiger charge is -2.16. The molecule has 0 atom stereocenters. The Kier molecular flexibility index (Phi) is 3.60. The van der Waals surface area contributed by atoms with Gasteiger partial charge >= 0.3 is 0 Å². The van der Waals surface area contributed by atoms with Gasteiger partial charge in [0.2, 0.25) is 0 Å². The normalized spacial score (nSPS) is 10.5. The zero-order valence-corrected chi connectivity index (χ0v) is 11.3. The first-order valence-corrected chi connectivity index (χ1v) is 6.07. The van der Waals surface area contributed by atoms with E-state index in [0.717, 1.165) is 17.1 Å². The van der Waals surface area contributed by atoms with E-state index < -0.39 is 0 Å². The number of amides is 1. The molecule has 1 amide bonds. The number of aromatic hydroxyl groups is 1. The van der Waals surface area contributed by atoms with Crippen molar-refractivity contribution in [3.63, 3.8) is 0 Å². The Bertz CT molecular complexity index is 581. The Morgan fingerprint density at radius 3 is 2.58 bits per heavy atom. The first-order chi connectivity index (χ1) is 8.95. The molecule has 4 nitrogen and oxygen atoms in total.